The van der Waals surface area contributed by atoms with E-state index in [1.165, 1.54) is 0 Å². The number of rotatable bonds is 14. The highest BCUT2D eigenvalue weighted by Crippen LogP contribution is 2.19. The van der Waals surface area contributed by atoms with Crippen molar-refractivity contribution in [3.05, 3.63) is 36.0 Å². The average molecular weight is 521 g/mol. The summed E-state index contributed by atoms with van der Waals surface area (Å²) in [5, 5.41) is 17.7. The molecule has 13 nitrogen and oxygen atoms in total. The van der Waals surface area contributed by atoms with Gasteiger partial charge in [-0.25, -0.2) is 4.79 Å². The fourth-order valence-electron chi connectivity index (χ4n) is 3.38. The molecular formula is C22H32N8O5S. The summed E-state index contributed by atoms with van der Waals surface area (Å²) in [6, 6.07) is 4.26. The lowest BCUT2D eigenvalue weighted by atomic mass is 10.0. The van der Waals surface area contributed by atoms with Gasteiger partial charge < -0.3 is 43.2 Å². The van der Waals surface area contributed by atoms with Gasteiger partial charge in [-0.05, 0) is 24.5 Å². The lowest BCUT2D eigenvalue weighted by molar-refractivity contribution is -0.141. The van der Waals surface area contributed by atoms with Gasteiger partial charge in [-0.3, -0.25) is 19.4 Å². The van der Waals surface area contributed by atoms with Crippen LogP contribution in [0, 0.1) is 0 Å². The Balaban J connectivity index is 1.84. The van der Waals surface area contributed by atoms with Crippen LogP contribution in [0.5, 0.6) is 0 Å². The number of nitrogens with one attached hydrogen (secondary N) is 4. The van der Waals surface area contributed by atoms with Gasteiger partial charge in [0.05, 0.1) is 12.6 Å². The van der Waals surface area contributed by atoms with Crippen molar-refractivity contribution < 1.29 is 24.3 Å². The van der Waals surface area contributed by atoms with Gasteiger partial charge in [-0.1, -0.05) is 18.2 Å². The summed E-state index contributed by atoms with van der Waals surface area (Å²) in [5.74, 6) is -3.24. The molecule has 196 valence electrons. The number of H-pyrrole nitrogens is 1. The number of aromatic amines is 1. The molecule has 0 saturated heterocycles. The Kier molecular flexibility index (Phi) is 11.0. The van der Waals surface area contributed by atoms with Crippen molar-refractivity contribution in [2.45, 2.75) is 37.4 Å². The minimum atomic E-state index is -1.21. The van der Waals surface area contributed by atoms with Gasteiger partial charge in [0, 0.05) is 35.8 Å². The SMILES string of the molecule is NC(N)=NCCCC(N)C(=O)NC(CS)C(=O)NCC(=O)NC(Cc1c[nH]c2ccccc12)C(=O)O. The third kappa shape index (κ3) is 8.78. The summed E-state index contributed by atoms with van der Waals surface area (Å²) < 4.78 is 0. The van der Waals surface area contributed by atoms with Crippen LogP contribution in [-0.4, -0.2) is 76.7 Å². The molecule has 2 aromatic rings. The average Bonchev–Trinajstić information content (AvgIpc) is 3.25. The number of para-hydroxylation sites is 1. The minimum absolute atomic E-state index is 0.0434. The number of aromatic nitrogens is 1. The minimum Gasteiger partial charge on any atom is -0.480 e. The molecule has 0 fully saturated rings. The van der Waals surface area contributed by atoms with Crippen LogP contribution in [0.1, 0.15) is 18.4 Å². The molecule has 1 aromatic carbocycles. The highest BCUT2D eigenvalue weighted by molar-refractivity contribution is 7.80. The molecule has 0 saturated carbocycles. The molecule has 1 aromatic heterocycles. The number of amides is 3. The predicted octanol–water partition coefficient (Wildman–Crippen LogP) is -1.81. The first-order valence-electron chi connectivity index (χ1n) is 11.2. The van der Waals surface area contributed by atoms with E-state index >= 15 is 0 Å². The Labute approximate surface area is 213 Å². The van der Waals surface area contributed by atoms with Crippen molar-refractivity contribution in [3.8, 4) is 0 Å². The molecule has 1 heterocycles. The summed E-state index contributed by atoms with van der Waals surface area (Å²) in [6.07, 6.45) is 2.50. The largest absolute Gasteiger partial charge is 0.480 e. The maximum absolute atomic E-state index is 12.4. The van der Waals surface area contributed by atoms with Crippen LogP contribution in [0.15, 0.2) is 35.5 Å². The van der Waals surface area contributed by atoms with Crippen LogP contribution < -0.4 is 33.2 Å². The van der Waals surface area contributed by atoms with Crippen LogP contribution in [0.2, 0.25) is 0 Å². The molecular weight excluding hydrogens is 488 g/mol. The van der Waals surface area contributed by atoms with E-state index < -0.39 is 48.4 Å². The van der Waals surface area contributed by atoms with Crippen molar-refractivity contribution in [3.63, 3.8) is 0 Å². The summed E-state index contributed by atoms with van der Waals surface area (Å²) in [4.78, 5) is 55.6. The van der Waals surface area contributed by atoms with E-state index in [1.54, 1.807) is 6.20 Å². The van der Waals surface area contributed by atoms with Gasteiger partial charge in [0.15, 0.2) is 5.96 Å². The molecule has 0 radical (unpaired) electrons. The van der Waals surface area contributed by atoms with E-state index in [9.17, 15) is 24.3 Å². The second-order valence-corrected chi connectivity index (χ2v) is 8.40. The van der Waals surface area contributed by atoms with Gasteiger partial charge in [0.1, 0.15) is 12.1 Å². The molecule has 36 heavy (non-hydrogen) atoms. The second kappa shape index (κ2) is 13.9. The Bertz CT molecular complexity index is 1100. The first-order chi connectivity index (χ1) is 17.1. The normalized spacial score (nSPS) is 13.3. The summed E-state index contributed by atoms with van der Waals surface area (Å²) in [6.45, 7) is -0.173. The third-order valence-corrected chi connectivity index (χ3v) is 5.64. The Hall–Kier alpha value is -3.78. The van der Waals surface area contributed by atoms with Crippen molar-refractivity contribution in [1.29, 1.82) is 0 Å². The first kappa shape index (κ1) is 28.5. The summed E-state index contributed by atoms with van der Waals surface area (Å²) in [7, 11) is 0. The number of thiol groups is 1. The zero-order valence-corrected chi connectivity index (χ0v) is 20.5. The van der Waals surface area contributed by atoms with Gasteiger partial charge in [-0.2, -0.15) is 12.6 Å². The topological polar surface area (TPSA) is 231 Å². The van der Waals surface area contributed by atoms with E-state index in [0.29, 0.717) is 19.4 Å². The van der Waals surface area contributed by atoms with Crippen LogP contribution in [0.4, 0.5) is 0 Å². The van der Waals surface area contributed by atoms with Gasteiger partial charge in [0.2, 0.25) is 17.7 Å². The standard InChI is InChI=1S/C22H32N8O5S/c23-14(5-3-7-26-22(24)25)19(32)30-17(11-36)20(33)28-10-18(31)29-16(21(34)35)8-12-9-27-15-6-2-1-4-13(12)15/h1-2,4,6,9,14,16-17,27,36H,3,5,7-8,10-11,23H2,(H,28,33)(H,29,31)(H,30,32)(H,34,35)(H4,24,25,26). The zero-order valence-electron chi connectivity index (χ0n) is 19.6. The first-order valence-corrected chi connectivity index (χ1v) is 11.8. The number of guanidine groups is 1. The van der Waals surface area contributed by atoms with Crippen LogP contribution >= 0.6 is 12.6 Å². The molecule has 3 amide bonds. The highest BCUT2D eigenvalue weighted by atomic mass is 32.1. The lowest BCUT2D eigenvalue weighted by Gasteiger charge is -2.19. The van der Waals surface area contributed by atoms with E-state index in [4.69, 9.17) is 17.2 Å². The molecule has 0 aliphatic heterocycles. The van der Waals surface area contributed by atoms with Crippen molar-refractivity contribution in [2.24, 2.45) is 22.2 Å². The molecule has 0 spiro atoms. The number of carboxylic acid groups (broad SMARTS) is 1. The molecule has 0 aliphatic carbocycles. The Morgan fingerprint density at radius 3 is 2.47 bits per heavy atom. The number of hydrogen-bond acceptors (Lipinski definition) is 7. The van der Waals surface area contributed by atoms with E-state index in [-0.39, 0.29) is 18.1 Å². The van der Waals surface area contributed by atoms with Gasteiger partial charge in [0.25, 0.3) is 0 Å². The maximum Gasteiger partial charge on any atom is 0.326 e. The lowest BCUT2D eigenvalue weighted by Crippen LogP contribution is -2.54. The Morgan fingerprint density at radius 2 is 1.81 bits per heavy atom. The molecule has 2 rings (SSSR count). The van der Waals surface area contributed by atoms with E-state index in [0.717, 1.165) is 16.5 Å². The molecule has 14 heteroatoms. The van der Waals surface area contributed by atoms with Gasteiger partial charge >= 0.3 is 5.97 Å². The number of carboxylic acids is 1. The molecule has 0 aliphatic rings. The number of aliphatic imine (C=N–C) groups is 1. The number of nitrogens with two attached hydrogens (primary N) is 3. The fourth-order valence-corrected chi connectivity index (χ4v) is 3.64. The van der Waals surface area contributed by atoms with Crippen molar-refractivity contribution in [1.82, 2.24) is 20.9 Å². The van der Waals surface area contributed by atoms with Crippen LogP contribution in [0.25, 0.3) is 10.9 Å². The Morgan fingerprint density at radius 1 is 1.08 bits per heavy atom. The number of nitrogens with zero attached hydrogens (tertiary/aromatic N) is 1. The van der Waals surface area contributed by atoms with E-state index in [2.05, 4.69) is 38.6 Å². The monoisotopic (exact) mass is 520 g/mol. The smallest absolute Gasteiger partial charge is 0.326 e. The number of carbonyl (C=O) groups excluding carboxylic acids is 3. The molecule has 0 bridgehead atoms. The second-order valence-electron chi connectivity index (χ2n) is 8.04. The molecule has 11 N–H and O–H groups in total. The number of aliphatic carboxylic acids is 1. The van der Waals surface area contributed by atoms with Crippen molar-refractivity contribution in [2.75, 3.05) is 18.8 Å². The van der Waals surface area contributed by atoms with Crippen molar-refractivity contribution >= 4 is 53.2 Å². The summed E-state index contributed by atoms with van der Waals surface area (Å²) in [5.41, 5.74) is 17.9. The number of carbonyl (C=O) groups is 4. The zero-order chi connectivity index (χ0) is 26.7. The van der Waals surface area contributed by atoms with Crippen LogP contribution in [-0.2, 0) is 25.6 Å². The third-order valence-electron chi connectivity index (χ3n) is 5.28. The van der Waals surface area contributed by atoms with Crippen LogP contribution in [0.3, 0.4) is 0 Å². The molecule has 3 atom stereocenters. The van der Waals surface area contributed by atoms with E-state index in [1.807, 2.05) is 24.3 Å². The summed E-state index contributed by atoms with van der Waals surface area (Å²) >= 11 is 4.07. The van der Waals surface area contributed by atoms with Gasteiger partial charge in [-0.15, -0.1) is 0 Å². The quantitative estimate of drug-likeness (QED) is 0.0595. The fraction of sp³-hybridized carbons (Fsp3) is 0.409. The number of fused-ring (bicyclic) bond motifs is 1. The maximum atomic E-state index is 12.4. The highest BCUT2D eigenvalue weighted by Gasteiger charge is 2.25. The number of hydrogen-bond donors (Lipinski definition) is 9. The molecule has 3 unspecified atom stereocenters. The predicted molar refractivity (Wildman–Crippen MR) is 138 cm³/mol. The number of benzene rings is 1.